The molecule has 0 saturated carbocycles. The predicted octanol–water partition coefficient (Wildman–Crippen LogP) is 1.34. The van der Waals surface area contributed by atoms with Gasteiger partial charge in [-0.2, -0.15) is 5.10 Å². The first kappa shape index (κ1) is 13.3. The highest BCUT2D eigenvalue weighted by atomic mass is 16.5. The SMILES string of the molecule is Cc1noc(C)c1C(=O)N(C)CCc1cnn(C)c1. The summed E-state index contributed by atoms with van der Waals surface area (Å²) in [5.41, 5.74) is 2.31. The van der Waals surface area contributed by atoms with E-state index in [1.165, 1.54) is 0 Å². The van der Waals surface area contributed by atoms with Gasteiger partial charge in [-0.25, -0.2) is 0 Å². The van der Waals surface area contributed by atoms with Crippen molar-refractivity contribution >= 4 is 5.91 Å². The molecule has 0 N–H and O–H groups in total. The fraction of sp³-hybridized carbons (Fsp3) is 0.462. The van der Waals surface area contributed by atoms with Crippen LogP contribution in [0.5, 0.6) is 0 Å². The van der Waals surface area contributed by atoms with E-state index in [1.807, 2.05) is 19.4 Å². The number of carbonyl (C=O) groups is 1. The van der Waals surface area contributed by atoms with Crippen molar-refractivity contribution in [2.24, 2.45) is 7.05 Å². The summed E-state index contributed by atoms with van der Waals surface area (Å²) in [4.78, 5) is 14.0. The monoisotopic (exact) mass is 262 g/mol. The van der Waals surface area contributed by atoms with E-state index in [1.54, 1.807) is 30.5 Å². The number of hydrogen-bond donors (Lipinski definition) is 0. The van der Waals surface area contributed by atoms with Crippen molar-refractivity contribution < 1.29 is 9.32 Å². The van der Waals surface area contributed by atoms with Gasteiger partial charge in [0.05, 0.1) is 11.9 Å². The highest BCUT2D eigenvalue weighted by Crippen LogP contribution is 2.14. The molecule has 0 saturated heterocycles. The Morgan fingerprint density at radius 1 is 1.47 bits per heavy atom. The van der Waals surface area contributed by atoms with Gasteiger partial charge in [0.2, 0.25) is 0 Å². The van der Waals surface area contributed by atoms with Gasteiger partial charge in [0.15, 0.2) is 0 Å². The van der Waals surface area contributed by atoms with Crippen LogP contribution in [0.25, 0.3) is 0 Å². The number of hydrogen-bond acceptors (Lipinski definition) is 4. The highest BCUT2D eigenvalue weighted by Gasteiger charge is 2.20. The summed E-state index contributed by atoms with van der Waals surface area (Å²) in [6.45, 7) is 4.16. The second-order valence-electron chi connectivity index (χ2n) is 4.70. The van der Waals surface area contributed by atoms with E-state index in [4.69, 9.17) is 4.52 Å². The summed E-state index contributed by atoms with van der Waals surface area (Å²) >= 11 is 0. The molecule has 0 aromatic carbocycles. The first-order chi connectivity index (χ1) is 8.99. The van der Waals surface area contributed by atoms with Crippen LogP contribution in [-0.4, -0.2) is 39.3 Å². The van der Waals surface area contributed by atoms with Gasteiger partial charge in [-0.15, -0.1) is 0 Å². The van der Waals surface area contributed by atoms with Crippen molar-refractivity contribution in [3.05, 3.63) is 35.0 Å². The summed E-state index contributed by atoms with van der Waals surface area (Å²) in [7, 11) is 3.66. The molecule has 0 aliphatic heterocycles. The normalized spacial score (nSPS) is 10.7. The van der Waals surface area contributed by atoms with Gasteiger partial charge in [-0.1, -0.05) is 5.16 Å². The molecule has 2 aromatic rings. The molecular formula is C13H18N4O2. The molecule has 0 aliphatic carbocycles. The standard InChI is InChI=1S/C13H18N4O2/c1-9-12(10(2)19-15-9)13(18)16(3)6-5-11-7-14-17(4)8-11/h7-8H,5-6H2,1-4H3. The van der Waals surface area contributed by atoms with Crippen LogP contribution in [0.2, 0.25) is 0 Å². The van der Waals surface area contributed by atoms with Gasteiger partial charge in [0, 0.05) is 26.8 Å². The smallest absolute Gasteiger partial charge is 0.259 e. The molecule has 6 nitrogen and oxygen atoms in total. The van der Waals surface area contributed by atoms with Crippen molar-refractivity contribution in [3.63, 3.8) is 0 Å². The van der Waals surface area contributed by atoms with E-state index in [-0.39, 0.29) is 5.91 Å². The average Bonchev–Trinajstić information content (AvgIpc) is 2.92. The number of nitrogens with zero attached hydrogens (tertiary/aromatic N) is 4. The maximum Gasteiger partial charge on any atom is 0.259 e. The number of likely N-dealkylation sites (N-methyl/N-ethyl adjacent to an activating group) is 1. The first-order valence-electron chi connectivity index (χ1n) is 6.15. The molecule has 102 valence electrons. The van der Waals surface area contributed by atoms with Gasteiger partial charge < -0.3 is 9.42 Å². The fourth-order valence-electron chi connectivity index (χ4n) is 1.98. The van der Waals surface area contributed by atoms with Crippen molar-refractivity contribution in [3.8, 4) is 0 Å². The molecule has 0 unspecified atom stereocenters. The lowest BCUT2D eigenvalue weighted by Crippen LogP contribution is -2.29. The molecule has 0 fully saturated rings. The molecule has 0 aliphatic rings. The summed E-state index contributed by atoms with van der Waals surface area (Å²) < 4.78 is 6.78. The zero-order valence-corrected chi connectivity index (χ0v) is 11.7. The second-order valence-corrected chi connectivity index (χ2v) is 4.70. The molecule has 0 bridgehead atoms. The van der Waals surface area contributed by atoms with Crippen LogP contribution in [0.4, 0.5) is 0 Å². The van der Waals surface area contributed by atoms with Crippen LogP contribution in [0.1, 0.15) is 27.4 Å². The quantitative estimate of drug-likeness (QED) is 0.834. The third kappa shape index (κ3) is 2.83. The Morgan fingerprint density at radius 2 is 2.21 bits per heavy atom. The van der Waals surface area contributed by atoms with E-state index in [0.717, 1.165) is 12.0 Å². The van der Waals surface area contributed by atoms with Crippen LogP contribution in [-0.2, 0) is 13.5 Å². The molecule has 0 spiro atoms. The Kier molecular flexibility index (Phi) is 3.69. The van der Waals surface area contributed by atoms with Gasteiger partial charge in [0.1, 0.15) is 11.3 Å². The number of aromatic nitrogens is 3. The Hall–Kier alpha value is -2.11. The predicted molar refractivity (Wildman–Crippen MR) is 69.8 cm³/mol. The summed E-state index contributed by atoms with van der Waals surface area (Å²) in [6, 6.07) is 0. The minimum Gasteiger partial charge on any atom is -0.361 e. The molecule has 6 heteroatoms. The van der Waals surface area contributed by atoms with Crippen molar-refractivity contribution in [2.45, 2.75) is 20.3 Å². The maximum atomic E-state index is 12.3. The lowest BCUT2D eigenvalue weighted by molar-refractivity contribution is 0.0794. The number of rotatable bonds is 4. The Morgan fingerprint density at radius 3 is 2.74 bits per heavy atom. The number of aryl methyl sites for hydroxylation is 3. The van der Waals surface area contributed by atoms with Crippen LogP contribution in [0.3, 0.4) is 0 Å². The van der Waals surface area contributed by atoms with E-state index < -0.39 is 0 Å². The van der Waals surface area contributed by atoms with E-state index in [9.17, 15) is 4.79 Å². The van der Waals surface area contributed by atoms with Crippen molar-refractivity contribution in [2.75, 3.05) is 13.6 Å². The second kappa shape index (κ2) is 5.26. The third-order valence-electron chi connectivity index (χ3n) is 3.09. The first-order valence-corrected chi connectivity index (χ1v) is 6.15. The summed E-state index contributed by atoms with van der Waals surface area (Å²) in [5, 5.41) is 7.91. The average molecular weight is 262 g/mol. The summed E-state index contributed by atoms with van der Waals surface area (Å²) in [5.74, 6) is 0.510. The lowest BCUT2D eigenvalue weighted by atomic mass is 10.1. The minimum absolute atomic E-state index is 0.0554. The topological polar surface area (TPSA) is 64.2 Å². The van der Waals surface area contributed by atoms with Crippen LogP contribution >= 0.6 is 0 Å². The number of carbonyl (C=O) groups excluding carboxylic acids is 1. The maximum absolute atomic E-state index is 12.3. The van der Waals surface area contributed by atoms with Gasteiger partial charge >= 0.3 is 0 Å². The lowest BCUT2D eigenvalue weighted by Gasteiger charge is -2.16. The van der Waals surface area contributed by atoms with Crippen molar-refractivity contribution in [1.29, 1.82) is 0 Å². The summed E-state index contributed by atoms with van der Waals surface area (Å²) in [6.07, 6.45) is 4.54. The Labute approximate surface area is 112 Å². The Bertz CT molecular complexity index is 566. The molecule has 0 atom stereocenters. The van der Waals surface area contributed by atoms with Gasteiger partial charge in [-0.05, 0) is 25.8 Å². The van der Waals surface area contributed by atoms with Crippen LogP contribution in [0, 0.1) is 13.8 Å². The zero-order valence-electron chi connectivity index (χ0n) is 11.7. The zero-order chi connectivity index (χ0) is 14.0. The van der Waals surface area contributed by atoms with Gasteiger partial charge in [-0.3, -0.25) is 9.48 Å². The largest absolute Gasteiger partial charge is 0.361 e. The minimum atomic E-state index is -0.0554. The number of amides is 1. The van der Waals surface area contributed by atoms with Crippen molar-refractivity contribution in [1.82, 2.24) is 19.8 Å². The van der Waals surface area contributed by atoms with E-state index in [2.05, 4.69) is 10.3 Å². The fourth-order valence-corrected chi connectivity index (χ4v) is 1.98. The van der Waals surface area contributed by atoms with Gasteiger partial charge in [0.25, 0.3) is 5.91 Å². The molecule has 1 amide bonds. The van der Waals surface area contributed by atoms with E-state index >= 15 is 0 Å². The molecule has 2 heterocycles. The molecule has 0 radical (unpaired) electrons. The molecule has 19 heavy (non-hydrogen) atoms. The third-order valence-corrected chi connectivity index (χ3v) is 3.09. The van der Waals surface area contributed by atoms with Crippen LogP contribution in [0.15, 0.2) is 16.9 Å². The van der Waals surface area contributed by atoms with E-state index in [0.29, 0.717) is 23.6 Å². The highest BCUT2D eigenvalue weighted by molar-refractivity contribution is 5.95. The molecule has 2 aromatic heterocycles. The Balaban J connectivity index is 2.00. The molecular weight excluding hydrogens is 244 g/mol. The molecule has 2 rings (SSSR count). The van der Waals surface area contributed by atoms with Crippen LogP contribution < -0.4 is 0 Å².